The molecule has 4 rings (SSSR count). The standard InChI is InChI=1S/C24H26N4O4/c1-2-18-5-7-19(8-6-18)24(29)27-13-11-26(12-14-27)20-9-10-23(28(30)31)22(16-20)25-17-21-4-3-15-32-21/h3-10,15-16,25H,2,11-14,17H2,1H3. The third-order valence-electron chi connectivity index (χ3n) is 5.75. The number of nitrogens with zero attached hydrogens (tertiary/aromatic N) is 3. The Morgan fingerprint density at radius 1 is 1.09 bits per heavy atom. The number of hydrogen-bond donors (Lipinski definition) is 1. The van der Waals surface area contributed by atoms with Crippen LogP contribution in [0, 0.1) is 10.1 Å². The Labute approximate surface area is 186 Å². The minimum absolute atomic E-state index is 0.0182. The van der Waals surface area contributed by atoms with Gasteiger partial charge in [0.1, 0.15) is 11.4 Å². The molecule has 0 radical (unpaired) electrons. The fourth-order valence-corrected chi connectivity index (χ4v) is 3.85. The maximum absolute atomic E-state index is 12.8. The number of nitro benzene ring substituents is 1. The van der Waals surface area contributed by atoms with Gasteiger partial charge >= 0.3 is 0 Å². The second kappa shape index (κ2) is 9.55. The van der Waals surface area contributed by atoms with Crippen LogP contribution in [-0.4, -0.2) is 41.9 Å². The summed E-state index contributed by atoms with van der Waals surface area (Å²) in [4.78, 5) is 27.9. The van der Waals surface area contributed by atoms with Crippen LogP contribution in [0.2, 0.25) is 0 Å². The van der Waals surface area contributed by atoms with Gasteiger partial charge in [-0.15, -0.1) is 0 Å². The summed E-state index contributed by atoms with van der Waals surface area (Å²) in [5.41, 5.74) is 3.26. The molecule has 0 unspecified atom stereocenters. The van der Waals surface area contributed by atoms with Crippen molar-refractivity contribution in [3.63, 3.8) is 0 Å². The summed E-state index contributed by atoms with van der Waals surface area (Å²) in [5, 5.41) is 14.6. The second-order valence-corrected chi connectivity index (χ2v) is 7.72. The van der Waals surface area contributed by atoms with Crippen molar-refractivity contribution >= 4 is 23.0 Å². The van der Waals surface area contributed by atoms with Crippen molar-refractivity contribution in [2.75, 3.05) is 36.4 Å². The third kappa shape index (κ3) is 4.74. The summed E-state index contributed by atoms with van der Waals surface area (Å²) < 4.78 is 5.31. The van der Waals surface area contributed by atoms with Gasteiger partial charge in [-0.2, -0.15) is 0 Å². The van der Waals surface area contributed by atoms with Gasteiger partial charge in [-0.05, 0) is 48.4 Å². The molecule has 0 bridgehead atoms. The molecule has 3 aromatic rings. The Bertz CT molecular complexity index is 1070. The van der Waals surface area contributed by atoms with Crippen LogP contribution < -0.4 is 10.2 Å². The quantitative estimate of drug-likeness (QED) is 0.440. The number of hydrogen-bond acceptors (Lipinski definition) is 6. The van der Waals surface area contributed by atoms with E-state index in [4.69, 9.17) is 4.42 Å². The maximum Gasteiger partial charge on any atom is 0.292 e. The first-order valence-corrected chi connectivity index (χ1v) is 10.7. The smallest absolute Gasteiger partial charge is 0.292 e. The highest BCUT2D eigenvalue weighted by atomic mass is 16.6. The van der Waals surface area contributed by atoms with Crippen LogP contribution in [0.15, 0.2) is 65.3 Å². The SMILES string of the molecule is CCc1ccc(C(=O)N2CCN(c3ccc([N+](=O)[O-])c(NCc4ccco4)c3)CC2)cc1. The van der Waals surface area contributed by atoms with Crippen LogP contribution >= 0.6 is 0 Å². The van der Waals surface area contributed by atoms with Crippen molar-refractivity contribution in [2.24, 2.45) is 0 Å². The first-order valence-electron chi connectivity index (χ1n) is 10.7. The molecule has 8 nitrogen and oxygen atoms in total. The van der Waals surface area contributed by atoms with Crippen LogP contribution in [-0.2, 0) is 13.0 Å². The predicted octanol–water partition coefficient (Wildman–Crippen LogP) is 4.32. The lowest BCUT2D eigenvalue weighted by Gasteiger charge is -2.36. The second-order valence-electron chi connectivity index (χ2n) is 7.72. The number of aryl methyl sites for hydroxylation is 1. The fraction of sp³-hybridized carbons (Fsp3) is 0.292. The molecule has 1 N–H and O–H groups in total. The largest absolute Gasteiger partial charge is 0.467 e. The van der Waals surface area contributed by atoms with E-state index in [0.717, 1.165) is 12.1 Å². The first-order chi connectivity index (χ1) is 15.5. The molecule has 0 spiro atoms. The molecule has 1 aromatic heterocycles. The number of anilines is 2. The Morgan fingerprint density at radius 3 is 2.47 bits per heavy atom. The van der Waals surface area contributed by atoms with Crippen molar-refractivity contribution in [1.82, 2.24) is 4.90 Å². The molecule has 0 saturated carbocycles. The Morgan fingerprint density at radius 2 is 1.84 bits per heavy atom. The number of piperazine rings is 1. The molecule has 166 valence electrons. The highest BCUT2D eigenvalue weighted by Crippen LogP contribution is 2.30. The minimum atomic E-state index is -0.394. The van der Waals surface area contributed by atoms with E-state index < -0.39 is 4.92 Å². The molecular formula is C24H26N4O4. The molecule has 1 aliphatic heterocycles. The minimum Gasteiger partial charge on any atom is -0.467 e. The lowest BCUT2D eigenvalue weighted by atomic mass is 10.1. The Kier molecular flexibility index (Phi) is 6.39. The van der Waals surface area contributed by atoms with Gasteiger partial charge in [0.2, 0.25) is 0 Å². The number of nitro groups is 1. The van der Waals surface area contributed by atoms with Gasteiger partial charge < -0.3 is 19.5 Å². The zero-order valence-corrected chi connectivity index (χ0v) is 18.0. The van der Waals surface area contributed by atoms with Crippen LogP contribution in [0.3, 0.4) is 0 Å². The normalized spacial score (nSPS) is 13.8. The summed E-state index contributed by atoms with van der Waals surface area (Å²) in [5.74, 6) is 0.737. The van der Waals surface area contributed by atoms with Gasteiger partial charge in [0.05, 0.1) is 17.7 Å². The Balaban J connectivity index is 1.42. The highest BCUT2D eigenvalue weighted by molar-refractivity contribution is 5.94. The molecule has 0 aliphatic carbocycles. The van der Waals surface area contributed by atoms with Crippen LogP contribution in [0.4, 0.5) is 17.1 Å². The number of rotatable bonds is 7. The summed E-state index contributed by atoms with van der Waals surface area (Å²) >= 11 is 0. The van der Waals surface area contributed by atoms with Crippen molar-refractivity contribution in [2.45, 2.75) is 19.9 Å². The van der Waals surface area contributed by atoms with Gasteiger partial charge in [-0.25, -0.2) is 0 Å². The number of nitrogens with one attached hydrogen (secondary N) is 1. The van der Waals surface area contributed by atoms with E-state index in [2.05, 4.69) is 17.1 Å². The average Bonchev–Trinajstić information content (AvgIpc) is 3.36. The summed E-state index contributed by atoms with van der Waals surface area (Å²) in [6.45, 7) is 4.96. The van der Waals surface area contributed by atoms with Crippen molar-refractivity contribution in [3.8, 4) is 0 Å². The molecule has 1 amide bonds. The van der Waals surface area contributed by atoms with E-state index in [0.29, 0.717) is 49.7 Å². The molecule has 2 heterocycles. The van der Waals surface area contributed by atoms with Crippen molar-refractivity contribution < 1.29 is 14.1 Å². The predicted molar refractivity (Wildman–Crippen MR) is 123 cm³/mol. The topological polar surface area (TPSA) is 91.9 Å². The number of carbonyl (C=O) groups is 1. The van der Waals surface area contributed by atoms with Crippen molar-refractivity contribution in [1.29, 1.82) is 0 Å². The zero-order chi connectivity index (χ0) is 22.5. The van der Waals surface area contributed by atoms with Gasteiger partial charge in [-0.3, -0.25) is 14.9 Å². The van der Waals surface area contributed by atoms with Gasteiger partial charge in [0.25, 0.3) is 11.6 Å². The molecule has 1 aliphatic rings. The third-order valence-corrected chi connectivity index (χ3v) is 5.75. The average molecular weight is 434 g/mol. The molecule has 1 saturated heterocycles. The monoisotopic (exact) mass is 434 g/mol. The highest BCUT2D eigenvalue weighted by Gasteiger charge is 2.24. The van der Waals surface area contributed by atoms with Crippen molar-refractivity contribution in [3.05, 3.63) is 87.9 Å². The maximum atomic E-state index is 12.8. The summed E-state index contributed by atoms with van der Waals surface area (Å²) in [6.07, 6.45) is 2.52. The van der Waals surface area contributed by atoms with Gasteiger partial charge in [0.15, 0.2) is 0 Å². The molecule has 8 heteroatoms. The van der Waals surface area contributed by atoms with Crippen LogP contribution in [0.25, 0.3) is 0 Å². The van der Waals surface area contributed by atoms with Gasteiger partial charge in [0, 0.05) is 43.5 Å². The van der Waals surface area contributed by atoms with E-state index in [1.54, 1.807) is 24.5 Å². The summed E-state index contributed by atoms with van der Waals surface area (Å²) in [6, 6.07) is 16.4. The molecular weight excluding hydrogens is 408 g/mol. The molecule has 1 fully saturated rings. The lowest BCUT2D eigenvalue weighted by molar-refractivity contribution is -0.384. The van der Waals surface area contributed by atoms with Gasteiger partial charge in [-0.1, -0.05) is 19.1 Å². The molecule has 32 heavy (non-hydrogen) atoms. The number of furan rings is 1. The van der Waals surface area contributed by atoms with Crippen LogP contribution in [0.5, 0.6) is 0 Å². The number of carbonyl (C=O) groups excluding carboxylic acids is 1. The zero-order valence-electron chi connectivity index (χ0n) is 18.0. The summed E-state index contributed by atoms with van der Waals surface area (Å²) in [7, 11) is 0. The van der Waals surface area contributed by atoms with E-state index in [1.807, 2.05) is 35.2 Å². The number of amides is 1. The lowest BCUT2D eigenvalue weighted by Crippen LogP contribution is -2.48. The molecule has 0 atom stereocenters. The number of benzene rings is 2. The van der Waals surface area contributed by atoms with E-state index in [9.17, 15) is 14.9 Å². The van der Waals surface area contributed by atoms with E-state index in [-0.39, 0.29) is 11.6 Å². The fourth-order valence-electron chi connectivity index (χ4n) is 3.85. The van der Waals surface area contributed by atoms with E-state index in [1.165, 1.54) is 11.6 Å². The van der Waals surface area contributed by atoms with Crippen LogP contribution in [0.1, 0.15) is 28.6 Å². The Hall–Kier alpha value is -3.81. The molecule has 2 aromatic carbocycles. The first kappa shape index (κ1) is 21.4. The van der Waals surface area contributed by atoms with E-state index >= 15 is 0 Å².